The van der Waals surface area contributed by atoms with Crippen LogP contribution in [0.25, 0.3) is 0 Å². The van der Waals surface area contributed by atoms with E-state index in [9.17, 15) is 0 Å². The Morgan fingerprint density at radius 2 is 1.39 bits per heavy atom. The molecule has 0 aromatic carbocycles. The predicted molar refractivity (Wildman–Crippen MR) is 81.1 cm³/mol. The lowest BCUT2D eigenvalue weighted by Crippen LogP contribution is -2.44. The van der Waals surface area contributed by atoms with Crippen molar-refractivity contribution >= 4 is 92.8 Å². The second-order valence-electron chi connectivity index (χ2n) is 4.91. The third-order valence-electron chi connectivity index (χ3n) is 4.26. The maximum atomic E-state index is 6.62. The molecule has 102 valence electrons. The van der Waals surface area contributed by atoms with Crippen LogP contribution in [0.2, 0.25) is 0 Å². The lowest BCUT2D eigenvalue weighted by molar-refractivity contribution is 0.374. The van der Waals surface area contributed by atoms with E-state index in [4.69, 9.17) is 92.8 Å². The first-order valence-electron chi connectivity index (χ1n) is 5.22. The zero-order chi connectivity index (χ0) is 13.6. The van der Waals surface area contributed by atoms with E-state index in [2.05, 4.69) is 0 Å². The first-order chi connectivity index (χ1) is 8.17. The molecule has 18 heavy (non-hydrogen) atoms. The molecule has 7 atom stereocenters. The Labute approximate surface area is 145 Å². The van der Waals surface area contributed by atoms with Gasteiger partial charge < -0.3 is 0 Å². The van der Waals surface area contributed by atoms with Gasteiger partial charge in [0.15, 0.2) is 4.33 Å². The number of allylic oxidation sites excluding steroid dienone is 2. The van der Waals surface area contributed by atoms with Gasteiger partial charge in [-0.1, -0.05) is 46.4 Å². The molecule has 0 unspecified atom stereocenters. The van der Waals surface area contributed by atoms with Gasteiger partial charge in [0.05, 0.1) is 21.2 Å². The number of fused-ring (bicyclic) bond motifs is 5. The summed E-state index contributed by atoms with van der Waals surface area (Å²) >= 11 is 50.7. The van der Waals surface area contributed by atoms with Crippen molar-refractivity contribution in [2.75, 3.05) is 0 Å². The van der Waals surface area contributed by atoms with E-state index in [-0.39, 0.29) is 22.2 Å². The van der Waals surface area contributed by atoms with E-state index < -0.39 is 25.9 Å². The van der Waals surface area contributed by atoms with E-state index in [1.807, 2.05) is 0 Å². The summed E-state index contributed by atoms with van der Waals surface area (Å²) in [6, 6.07) is 0. The number of hydrogen-bond donors (Lipinski definition) is 0. The molecule has 2 fully saturated rings. The molecular formula is C10H6Cl8. The van der Waals surface area contributed by atoms with E-state index in [0.717, 1.165) is 0 Å². The third kappa shape index (κ3) is 1.41. The quantitative estimate of drug-likeness (QED) is 0.461. The molecule has 0 amide bonds. The molecule has 0 spiro atoms. The van der Waals surface area contributed by atoms with Crippen LogP contribution < -0.4 is 0 Å². The molecule has 2 bridgehead atoms. The standard InChI is InChI=1S/C10H6Cl8/c11-4-1-2(5(12)7(4)14)9(16)8(15)6(13)3(1)10(9,17)18/h1-5,7H/t1-,2-,3+,4-,5+,7+,9+/m0/s1. The fourth-order valence-corrected chi connectivity index (χ4v) is 7.49. The summed E-state index contributed by atoms with van der Waals surface area (Å²) in [5, 5.41) is -0.613. The maximum Gasteiger partial charge on any atom is 0.150 e. The van der Waals surface area contributed by atoms with Gasteiger partial charge in [0.1, 0.15) is 4.87 Å². The predicted octanol–water partition coefficient (Wildman–Crippen LogP) is 5.54. The van der Waals surface area contributed by atoms with E-state index in [1.54, 1.807) is 0 Å². The van der Waals surface area contributed by atoms with Gasteiger partial charge in [0.25, 0.3) is 0 Å². The van der Waals surface area contributed by atoms with Crippen molar-refractivity contribution in [3.05, 3.63) is 10.1 Å². The second-order valence-corrected chi connectivity index (χ2v) is 9.19. The molecule has 8 heteroatoms. The third-order valence-corrected chi connectivity index (χ3v) is 9.28. The molecule has 3 aliphatic rings. The van der Waals surface area contributed by atoms with Gasteiger partial charge in [-0.3, -0.25) is 0 Å². The van der Waals surface area contributed by atoms with Gasteiger partial charge in [-0.15, -0.1) is 46.4 Å². The maximum absolute atomic E-state index is 6.62. The molecule has 3 rings (SSSR count). The average Bonchev–Trinajstić information content (AvgIpc) is 2.67. The molecule has 0 N–H and O–H groups in total. The summed E-state index contributed by atoms with van der Waals surface area (Å²) in [4.78, 5) is -1.21. The smallest absolute Gasteiger partial charge is 0.121 e. The highest BCUT2D eigenvalue weighted by Gasteiger charge is 2.79. The highest BCUT2D eigenvalue weighted by atomic mass is 35.5. The number of halogens is 8. The lowest BCUT2D eigenvalue weighted by atomic mass is 9.85. The molecule has 0 aliphatic heterocycles. The van der Waals surface area contributed by atoms with Gasteiger partial charge in [0.2, 0.25) is 0 Å². The van der Waals surface area contributed by atoms with Crippen LogP contribution in [0.4, 0.5) is 0 Å². The van der Waals surface area contributed by atoms with Gasteiger partial charge in [-0.2, -0.15) is 0 Å². The number of alkyl halides is 6. The molecule has 0 aromatic rings. The lowest BCUT2D eigenvalue weighted by Gasteiger charge is -2.35. The summed E-state index contributed by atoms with van der Waals surface area (Å²) in [6.07, 6.45) is 0. The minimum absolute atomic E-state index is 0.167. The molecule has 0 saturated heterocycles. The molecule has 0 heterocycles. The highest BCUT2D eigenvalue weighted by Crippen LogP contribution is 2.76. The summed E-state index contributed by atoms with van der Waals surface area (Å²) < 4.78 is -1.31. The fraction of sp³-hybridized carbons (Fsp3) is 0.800. The van der Waals surface area contributed by atoms with Crippen molar-refractivity contribution in [1.29, 1.82) is 0 Å². The van der Waals surface area contributed by atoms with E-state index >= 15 is 0 Å². The van der Waals surface area contributed by atoms with Crippen molar-refractivity contribution in [1.82, 2.24) is 0 Å². The SMILES string of the molecule is ClC1=C(Cl)[C@]2(Cl)[C@@H]3[C@@H](Cl)[C@H](Cl)[C@@H](Cl)[C@@H]3[C@H]1C2(Cl)Cl. The van der Waals surface area contributed by atoms with Gasteiger partial charge in [-0.25, -0.2) is 0 Å². The van der Waals surface area contributed by atoms with Crippen LogP contribution >= 0.6 is 92.8 Å². The monoisotopic (exact) mass is 406 g/mol. The van der Waals surface area contributed by atoms with Crippen LogP contribution in [0.5, 0.6) is 0 Å². The zero-order valence-electron chi connectivity index (χ0n) is 8.49. The Morgan fingerprint density at radius 3 is 1.94 bits per heavy atom. The number of rotatable bonds is 0. The van der Waals surface area contributed by atoms with Gasteiger partial charge >= 0.3 is 0 Å². The Morgan fingerprint density at radius 1 is 0.833 bits per heavy atom. The Hall–Kier alpha value is 2.06. The zero-order valence-corrected chi connectivity index (χ0v) is 14.5. The van der Waals surface area contributed by atoms with Gasteiger partial charge in [0, 0.05) is 16.9 Å². The average molecular weight is 410 g/mol. The Balaban J connectivity index is 2.21. The summed E-state index contributed by atoms with van der Waals surface area (Å²) in [6.45, 7) is 0. The Bertz CT molecular complexity index is 445. The van der Waals surface area contributed by atoms with Crippen LogP contribution in [0.15, 0.2) is 10.1 Å². The van der Waals surface area contributed by atoms with Crippen LogP contribution in [-0.4, -0.2) is 25.3 Å². The molecule has 3 aliphatic carbocycles. The topological polar surface area (TPSA) is 0 Å². The van der Waals surface area contributed by atoms with Crippen molar-refractivity contribution in [2.45, 2.75) is 25.3 Å². The minimum atomic E-state index is -1.31. The van der Waals surface area contributed by atoms with Crippen LogP contribution in [0, 0.1) is 17.8 Å². The highest BCUT2D eigenvalue weighted by molar-refractivity contribution is 6.60. The van der Waals surface area contributed by atoms with Crippen molar-refractivity contribution in [3.8, 4) is 0 Å². The van der Waals surface area contributed by atoms with Crippen molar-refractivity contribution in [3.63, 3.8) is 0 Å². The van der Waals surface area contributed by atoms with Crippen LogP contribution in [0.1, 0.15) is 0 Å². The van der Waals surface area contributed by atoms with Crippen LogP contribution in [0.3, 0.4) is 0 Å². The fourth-order valence-electron chi connectivity index (χ4n) is 3.49. The summed E-state index contributed by atoms with van der Waals surface area (Å²) in [5.41, 5.74) is 0. The summed E-state index contributed by atoms with van der Waals surface area (Å²) in [7, 11) is 0. The van der Waals surface area contributed by atoms with Gasteiger partial charge in [-0.05, 0) is 5.92 Å². The molecule has 0 aromatic heterocycles. The van der Waals surface area contributed by atoms with E-state index in [0.29, 0.717) is 5.03 Å². The normalized spacial score (nSPS) is 57.3. The Kier molecular flexibility index (Phi) is 3.57. The van der Waals surface area contributed by atoms with Crippen molar-refractivity contribution < 1.29 is 0 Å². The molecule has 0 nitrogen and oxygen atoms in total. The number of hydrogen-bond acceptors (Lipinski definition) is 0. The molecule has 0 radical (unpaired) electrons. The largest absolute Gasteiger partial charge is 0.150 e. The first-order valence-corrected chi connectivity index (χ1v) is 8.41. The molecular weight excluding hydrogens is 404 g/mol. The van der Waals surface area contributed by atoms with Crippen molar-refractivity contribution in [2.24, 2.45) is 17.8 Å². The first kappa shape index (κ1) is 15.0. The minimum Gasteiger partial charge on any atom is -0.121 e. The second kappa shape index (κ2) is 4.29. The summed E-state index contributed by atoms with van der Waals surface area (Å²) in [5.74, 6) is -0.884. The van der Waals surface area contributed by atoms with E-state index in [1.165, 1.54) is 0 Å². The molecule has 2 saturated carbocycles. The van der Waals surface area contributed by atoms with Crippen LogP contribution in [-0.2, 0) is 0 Å².